The van der Waals surface area contributed by atoms with Gasteiger partial charge in [-0.15, -0.1) is 0 Å². The molecular formula is C17H25NO3. The van der Waals surface area contributed by atoms with Crippen LogP contribution in [0.5, 0.6) is 5.75 Å². The number of aromatic hydroxyl groups is 1. The Labute approximate surface area is 126 Å². The van der Waals surface area contributed by atoms with Crippen LogP contribution in [0.2, 0.25) is 0 Å². The Morgan fingerprint density at radius 3 is 2.48 bits per heavy atom. The van der Waals surface area contributed by atoms with E-state index in [-0.39, 0.29) is 17.7 Å². The van der Waals surface area contributed by atoms with Crippen molar-refractivity contribution in [2.24, 2.45) is 5.92 Å². The van der Waals surface area contributed by atoms with E-state index in [0.717, 1.165) is 31.4 Å². The second-order valence-electron chi connectivity index (χ2n) is 6.03. The maximum absolute atomic E-state index is 11.2. The number of carbonyl (C=O) groups excluding carboxylic acids is 1. The molecule has 0 saturated heterocycles. The van der Waals surface area contributed by atoms with Crippen molar-refractivity contribution in [3.8, 4) is 5.75 Å². The maximum Gasteiger partial charge on any atom is 0.132 e. The summed E-state index contributed by atoms with van der Waals surface area (Å²) in [6.07, 6.45) is 3.32. The maximum atomic E-state index is 11.2. The molecule has 0 spiro atoms. The van der Waals surface area contributed by atoms with Crippen LogP contribution in [0.4, 0.5) is 0 Å². The molecule has 4 heteroatoms. The number of carbonyl (C=O) groups is 1. The second kappa shape index (κ2) is 7.57. The third kappa shape index (κ3) is 4.83. The predicted octanol–water partition coefficient (Wildman–Crippen LogP) is 2.03. The molecule has 1 aromatic carbocycles. The normalized spacial score (nSPS) is 19.4. The number of hydrogen-bond donors (Lipinski definition) is 3. The number of Topliss-reactive ketones (excluding diaryl/α,β-unsaturated/α-hetero) is 1. The lowest BCUT2D eigenvalue weighted by atomic mass is 9.82. The molecule has 3 N–H and O–H groups in total. The molecule has 116 valence electrons. The molecule has 0 aliphatic heterocycles. The van der Waals surface area contributed by atoms with E-state index in [0.29, 0.717) is 18.6 Å². The molecule has 4 nitrogen and oxygen atoms in total. The molecule has 21 heavy (non-hydrogen) atoms. The fourth-order valence-corrected chi connectivity index (χ4v) is 2.94. The molecule has 1 saturated carbocycles. The van der Waals surface area contributed by atoms with Crippen LogP contribution in [0.1, 0.15) is 38.2 Å². The van der Waals surface area contributed by atoms with E-state index in [9.17, 15) is 15.0 Å². The van der Waals surface area contributed by atoms with Gasteiger partial charge >= 0.3 is 0 Å². The van der Waals surface area contributed by atoms with Crippen LogP contribution in [-0.2, 0) is 11.2 Å². The Bertz CT molecular complexity index is 448. The lowest BCUT2D eigenvalue weighted by Gasteiger charge is -2.30. The van der Waals surface area contributed by atoms with Gasteiger partial charge in [0.15, 0.2) is 0 Å². The molecule has 2 rings (SSSR count). The van der Waals surface area contributed by atoms with Gasteiger partial charge in [0.1, 0.15) is 11.5 Å². The Hall–Kier alpha value is -1.39. The number of rotatable bonds is 6. The van der Waals surface area contributed by atoms with Crippen LogP contribution in [0.3, 0.4) is 0 Å². The molecule has 0 radical (unpaired) electrons. The first-order valence-electron chi connectivity index (χ1n) is 7.77. The van der Waals surface area contributed by atoms with Gasteiger partial charge < -0.3 is 15.5 Å². The smallest absolute Gasteiger partial charge is 0.132 e. The summed E-state index contributed by atoms with van der Waals surface area (Å²) in [7, 11) is 0. The average Bonchev–Trinajstić information content (AvgIpc) is 2.49. The first kappa shape index (κ1) is 16.0. The topological polar surface area (TPSA) is 69.6 Å². The Balaban J connectivity index is 1.72. The molecule has 2 atom stereocenters. The Kier molecular flexibility index (Phi) is 5.76. The minimum Gasteiger partial charge on any atom is -0.508 e. The van der Waals surface area contributed by atoms with Crippen molar-refractivity contribution in [1.29, 1.82) is 0 Å². The number of phenols is 1. The molecule has 0 heterocycles. The summed E-state index contributed by atoms with van der Waals surface area (Å²) in [5, 5.41) is 22.9. The van der Waals surface area contributed by atoms with E-state index in [4.69, 9.17) is 0 Å². The molecule has 0 unspecified atom stereocenters. The number of aliphatic hydroxyl groups is 1. The minimum absolute atomic E-state index is 0.0281. The van der Waals surface area contributed by atoms with Crippen molar-refractivity contribution in [3.63, 3.8) is 0 Å². The Morgan fingerprint density at radius 2 is 1.86 bits per heavy atom. The van der Waals surface area contributed by atoms with Gasteiger partial charge in [0.25, 0.3) is 0 Å². The van der Waals surface area contributed by atoms with Crippen molar-refractivity contribution in [2.75, 3.05) is 6.54 Å². The zero-order chi connectivity index (χ0) is 15.2. The Morgan fingerprint density at radius 1 is 1.24 bits per heavy atom. The molecule has 1 aliphatic carbocycles. The zero-order valence-corrected chi connectivity index (χ0v) is 12.6. The van der Waals surface area contributed by atoms with E-state index in [1.807, 2.05) is 19.1 Å². The van der Waals surface area contributed by atoms with Crippen molar-refractivity contribution in [3.05, 3.63) is 29.8 Å². The highest BCUT2D eigenvalue weighted by Crippen LogP contribution is 2.26. The molecule has 0 amide bonds. The van der Waals surface area contributed by atoms with Gasteiger partial charge in [-0.25, -0.2) is 0 Å². The monoisotopic (exact) mass is 291 g/mol. The van der Waals surface area contributed by atoms with Crippen LogP contribution >= 0.6 is 0 Å². The van der Waals surface area contributed by atoms with Crippen LogP contribution in [0, 0.1) is 5.92 Å². The number of ketones is 1. The van der Waals surface area contributed by atoms with E-state index in [1.54, 1.807) is 12.1 Å². The highest BCUT2D eigenvalue weighted by Gasteiger charge is 2.28. The number of aliphatic hydroxyl groups excluding tert-OH is 1. The van der Waals surface area contributed by atoms with E-state index in [2.05, 4.69) is 5.32 Å². The molecule has 0 aromatic heterocycles. The SMILES string of the molecule is C[C@H](NCCc1ccc(O)cc1)[C@@H](O)C1CCC(=O)CC1. The largest absolute Gasteiger partial charge is 0.508 e. The van der Waals surface area contributed by atoms with E-state index >= 15 is 0 Å². The van der Waals surface area contributed by atoms with Gasteiger partial charge in [-0.05, 0) is 56.3 Å². The third-order valence-electron chi connectivity index (χ3n) is 4.40. The highest BCUT2D eigenvalue weighted by atomic mass is 16.3. The van der Waals surface area contributed by atoms with E-state index in [1.165, 1.54) is 0 Å². The quantitative estimate of drug-likeness (QED) is 0.750. The molecule has 0 bridgehead atoms. The van der Waals surface area contributed by atoms with Crippen molar-refractivity contribution >= 4 is 5.78 Å². The molecule has 1 fully saturated rings. The molecular weight excluding hydrogens is 266 g/mol. The second-order valence-corrected chi connectivity index (χ2v) is 6.03. The van der Waals surface area contributed by atoms with Gasteiger partial charge in [0, 0.05) is 18.9 Å². The summed E-state index contributed by atoms with van der Waals surface area (Å²) >= 11 is 0. The molecule has 1 aliphatic rings. The first-order valence-corrected chi connectivity index (χ1v) is 7.77. The van der Waals surface area contributed by atoms with Crippen molar-refractivity contribution in [1.82, 2.24) is 5.32 Å². The van der Waals surface area contributed by atoms with Gasteiger partial charge in [-0.2, -0.15) is 0 Å². The zero-order valence-electron chi connectivity index (χ0n) is 12.6. The summed E-state index contributed by atoms with van der Waals surface area (Å²) in [6, 6.07) is 7.22. The summed E-state index contributed by atoms with van der Waals surface area (Å²) in [5.74, 6) is 0.840. The van der Waals surface area contributed by atoms with Crippen LogP contribution in [0.15, 0.2) is 24.3 Å². The summed E-state index contributed by atoms with van der Waals surface area (Å²) in [4.78, 5) is 11.2. The minimum atomic E-state index is -0.391. The summed E-state index contributed by atoms with van der Waals surface area (Å²) in [5.41, 5.74) is 1.16. The lowest BCUT2D eigenvalue weighted by Crippen LogP contribution is -2.43. The predicted molar refractivity (Wildman–Crippen MR) is 82.2 cm³/mol. The number of nitrogens with one attached hydrogen (secondary N) is 1. The van der Waals surface area contributed by atoms with Crippen LogP contribution in [0.25, 0.3) is 0 Å². The third-order valence-corrected chi connectivity index (χ3v) is 4.40. The van der Waals surface area contributed by atoms with Crippen LogP contribution in [-0.4, -0.2) is 34.7 Å². The van der Waals surface area contributed by atoms with Gasteiger partial charge in [-0.3, -0.25) is 4.79 Å². The summed E-state index contributed by atoms with van der Waals surface area (Å²) < 4.78 is 0. The number of hydrogen-bond acceptors (Lipinski definition) is 4. The first-order chi connectivity index (χ1) is 10.1. The van der Waals surface area contributed by atoms with E-state index < -0.39 is 6.10 Å². The standard InChI is InChI=1S/C17H25NO3/c1-12(17(21)14-4-8-16(20)9-5-14)18-11-10-13-2-6-15(19)7-3-13/h2-3,6-7,12,14,17-19,21H,4-5,8-11H2,1H3/t12-,17+/m0/s1. The van der Waals surface area contributed by atoms with Crippen LogP contribution < -0.4 is 5.32 Å². The summed E-state index contributed by atoms with van der Waals surface area (Å²) in [6.45, 7) is 2.78. The highest BCUT2D eigenvalue weighted by molar-refractivity contribution is 5.79. The number of phenolic OH excluding ortho intramolecular Hbond substituents is 1. The van der Waals surface area contributed by atoms with Gasteiger partial charge in [0.05, 0.1) is 6.10 Å². The fourth-order valence-electron chi connectivity index (χ4n) is 2.94. The fraction of sp³-hybridized carbons (Fsp3) is 0.588. The van der Waals surface area contributed by atoms with Gasteiger partial charge in [-0.1, -0.05) is 12.1 Å². The lowest BCUT2D eigenvalue weighted by molar-refractivity contribution is -0.121. The van der Waals surface area contributed by atoms with Crippen molar-refractivity contribution in [2.45, 2.75) is 51.2 Å². The molecule has 1 aromatic rings. The van der Waals surface area contributed by atoms with Crippen molar-refractivity contribution < 1.29 is 15.0 Å². The average molecular weight is 291 g/mol. The van der Waals surface area contributed by atoms with Gasteiger partial charge in [0.2, 0.25) is 0 Å². The number of benzene rings is 1.